The van der Waals surface area contributed by atoms with Gasteiger partial charge in [0, 0.05) is 0 Å². The number of aromatic hydroxyl groups is 1. The minimum atomic E-state index is -0.565. The second-order valence-corrected chi connectivity index (χ2v) is 5.01. The van der Waals surface area contributed by atoms with Gasteiger partial charge in [0.1, 0.15) is 30.3 Å². The molecule has 23 heavy (non-hydrogen) atoms. The van der Waals surface area contributed by atoms with Crippen LogP contribution in [0.3, 0.4) is 0 Å². The molecule has 0 spiro atoms. The number of phenols is 1. The highest BCUT2D eigenvalue weighted by atomic mass is 16.6. The second kappa shape index (κ2) is 6.83. The van der Waals surface area contributed by atoms with Crippen molar-refractivity contribution in [2.75, 3.05) is 13.2 Å². The maximum atomic E-state index is 12.1. The number of hydrogen-bond donors (Lipinski definition) is 1. The molecule has 0 amide bonds. The molecule has 0 unspecified atom stereocenters. The summed E-state index contributed by atoms with van der Waals surface area (Å²) in [4.78, 5) is 12.1. The molecule has 1 N–H and O–H groups in total. The van der Waals surface area contributed by atoms with Gasteiger partial charge in [0.05, 0.1) is 0 Å². The van der Waals surface area contributed by atoms with Crippen LogP contribution < -0.4 is 4.74 Å². The smallest absolute Gasteiger partial charge is 0.342 e. The van der Waals surface area contributed by atoms with E-state index in [2.05, 4.69) is 0 Å². The van der Waals surface area contributed by atoms with Gasteiger partial charge in [-0.3, -0.25) is 0 Å². The monoisotopic (exact) mass is 308 g/mol. The molecule has 0 radical (unpaired) electrons. The molecule has 0 saturated carbocycles. The minimum absolute atomic E-state index is 0.0855. The first kappa shape index (κ1) is 14.9. The van der Waals surface area contributed by atoms with Gasteiger partial charge in [-0.15, -0.1) is 0 Å². The van der Waals surface area contributed by atoms with E-state index in [9.17, 15) is 9.90 Å². The highest BCUT2D eigenvalue weighted by molar-refractivity contribution is 5.98. The number of carbonyl (C=O) groups is 1. The summed E-state index contributed by atoms with van der Waals surface area (Å²) in [6.45, 7) is 0.365. The van der Waals surface area contributed by atoms with Crippen molar-refractivity contribution in [1.82, 2.24) is 0 Å². The van der Waals surface area contributed by atoms with Crippen molar-refractivity contribution in [3.63, 3.8) is 0 Å². The number of benzene rings is 3. The Labute approximate surface area is 133 Å². The summed E-state index contributed by atoms with van der Waals surface area (Å²) < 4.78 is 10.6. The van der Waals surface area contributed by atoms with Crippen molar-refractivity contribution in [2.45, 2.75) is 0 Å². The molecule has 3 aromatic rings. The Morgan fingerprint density at radius 1 is 0.870 bits per heavy atom. The molecule has 0 heterocycles. The van der Waals surface area contributed by atoms with Crippen LogP contribution in [0.2, 0.25) is 0 Å². The zero-order valence-corrected chi connectivity index (χ0v) is 12.4. The number of fused-ring (bicyclic) bond motifs is 1. The first-order valence-electron chi connectivity index (χ1n) is 7.31. The minimum Gasteiger partial charge on any atom is -0.507 e. The highest BCUT2D eigenvalue weighted by Crippen LogP contribution is 2.25. The van der Waals surface area contributed by atoms with E-state index in [0.29, 0.717) is 0 Å². The zero-order chi connectivity index (χ0) is 16.1. The Morgan fingerprint density at radius 2 is 1.52 bits per heavy atom. The predicted molar refractivity (Wildman–Crippen MR) is 87.8 cm³/mol. The average molecular weight is 308 g/mol. The predicted octanol–water partition coefficient (Wildman–Crippen LogP) is 3.78. The lowest BCUT2D eigenvalue weighted by Crippen LogP contribution is -2.12. The van der Waals surface area contributed by atoms with Crippen molar-refractivity contribution in [3.8, 4) is 11.5 Å². The molecule has 0 fully saturated rings. The van der Waals surface area contributed by atoms with Crippen LogP contribution in [0.1, 0.15) is 10.4 Å². The van der Waals surface area contributed by atoms with Crippen LogP contribution in [0.4, 0.5) is 0 Å². The number of rotatable bonds is 5. The molecule has 0 bridgehead atoms. The summed E-state index contributed by atoms with van der Waals surface area (Å²) in [5, 5.41) is 11.7. The molecule has 3 aromatic carbocycles. The normalized spacial score (nSPS) is 10.4. The number of para-hydroxylation sites is 1. The first-order chi connectivity index (χ1) is 11.2. The van der Waals surface area contributed by atoms with E-state index >= 15 is 0 Å². The maximum absolute atomic E-state index is 12.1. The Kier molecular flexibility index (Phi) is 4.43. The average Bonchev–Trinajstić information content (AvgIpc) is 2.59. The summed E-state index contributed by atoms with van der Waals surface area (Å²) in [7, 11) is 0. The van der Waals surface area contributed by atoms with Gasteiger partial charge < -0.3 is 14.6 Å². The van der Waals surface area contributed by atoms with Gasteiger partial charge in [-0.05, 0) is 35.0 Å². The van der Waals surface area contributed by atoms with E-state index < -0.39 is 5.97 Å². The van der Waals surface area contributed by atoms with Crippen LogP contribution in [-0.2, 0) is 4.74 Å². The molecule has 0 aliphatic carbocycles. The number of esters is 1. The standard InChI is InChI=1S/C19H16O4/c20-18-13-15-7-5-4-6-14(15)12-17(18)19(21)23-11-10-22-16-8-2-1-3-9-16/h1-9,12-13,20H,10-11H2. The number of carbonyl (C=O) groups excluding carboxylic acids is 1. The molecule has 0 atom stereocenters. The van der Waals surface area contributed by atoms with Crippen LogP contribution in [0, 0.1) is 0 Å². The molecular weight excluding hydrogens is 292 g/mol. The fraction of sp³-hybridized carbons (Fsp3) is 0.105. The van der Waals surface area contributed by atoms with Gasteiger partial charge in [-0.1, -0.05) is 42.5 Å². The first-order valence-corrected chi connectivity index (χ1v) is 7.31. The molecule has 0 aliphatic heterocycles. The molecule has 4 heteroatoms. The van der Waals surface area contributed by atoms with Gasteiger partial charge in [0.2, 0.25) is 0 Å². The van der Waals surface area contributed by atoms with Crippen LogP contribution in [0.15, 0.2) is 66.7 Å². The summed E-state index contributed by atoms with van der Waals surface area (Å²) >= 11 is 0. The summed E-state index contributed by atoms with van der Waals surface area (Å²) in [6, 6.07) is 20.0. The van der Waals surface area contributed by atoms with E-state index in [1.165, 1.54) is 0 Å². The summed E-state index contributed by atoms with van der Waals surface area (Å²) in [5.74, 6) is 0.0692. The van der Waals surface area contributed by atoms with Crippen molar-refractivity contribution >= 4 is 16.7 Å². The summed E-state index contributed by atoms with van der Waals surface area (Å²) in [6.07, 6.45) is 0. The molecule has 3 rings (SSSR count). The fourth-order valence-electron chi connectivity index (χ4n) is 2.28. The van der Waals surface area contributed by atoms with Crippen molar-refractivity contribution in [2.24, 2.45) is 0 Å². The van der Waals surface area contributed by atoms with E-state index in [1.54, 1.807) is 12.1 Å². The quantitative estimate of drug-likeness (QED) is 0.575. The van der Waals surface area contributed by atoms with Crippen LogP contribution >= 0.6 is 0 Å². The molecule has 116 valence electrons. The molecule has 4 nitrogen and oxygen atoms in total. The van der Waals surface area contributed by atoms with Crippen molar-refractivity contribution in [1.29, 1.82) is 0 Å². The van der Waals surface area contributed by atoms with Crippen molar-refractivity contribution < 1.29 is 19.4 Å². The van der Waals surface area contributed by atoms with E-state index in [0.717, 1.165) is 16.5 Å². The zero-order valence-electron chi connectivity index (χ0n) is 12.4. The van der Waals surface area contributed by atoms with Gasteiger partial charge >= 0.3 is 5.97 Å². The Balaban J connectivity index is 1.61. The van der Waals surface area contributed by atoms with Crippen LogP contribution in [0.5, 0.6) is 11.5 Å². The largest absolute Gasteiger partial charge is 0.507 e. The Bertz CT molecular complexity index is 812. The van der Waals surface area contributed by atoms with Gasteiger partial charge in [0.25, 0.3) is 0 Å². The molecule has 0 aromatic heterocycles. The summed E-state index contributed by atoms with van der Waals surface area (Å²) in [5.41, 5.74) is 0.156. The third-order valence-corrected chi connectivity index (χ3v) is 3.41. The number of hydrogen-bond acceptors (Lipinski definition) is 4. The fourth-order valence-corrected chi connectivity index (χ4v) is 2.28. The SMILES string of the molecule is O=C(OCCOc1ccccc1)c1cc2ccccc2cc1O. The Morgan fingerprint density at radius 3 is 2.26 bits per heavy atom. The molecule has 0 aliphatic rings. The number of ether oxygens (including phenoxy) is 2. The van der Waals surface area contributed by atoms with Gasteiger partial charge in [-0.25, -0.2) is 4.79 Å². The van der Waals surface area contributed by atoms with Gasteiger partial charge in [0.15, 0.2) is 0 Å². The lowest BCUT2D eigenvalue weighted by molar-refractivity contribution is 0.0447. The third kappa shape index (κ3) is 3.61. The number of phenolic OH excluding ortho intramolecular Hbond substituents is 1. The lowest BCUT2D eigenvalue weighted by Gasteiger charge is -2.09. The topological polar surface area (TPSA) is 55.8 Å². The van der Waals surface area contributed by atoms with E-state index in [1.807, 2.05) is 54.6 Å². The maximum Gasteiger partial charge on any atom is 0.342 e. The van der Waals surface area contributed by atoms with Gasteiger partial charge in [-0.2, -0.15) is 0 Å². The van der Waals surface area contributed by atoms with Crippen molar-refractivity contribution in [3.05, 3.63) is 72.3 Å². The second-order valence-electron chi connectivity index (χ2n) is 5.01. The van der Waals surface area contributed by atoms with E-state index in [4.69, 9.17) is 9.47 Å². The molecule has 0 saturated heterocycles. The Hall–Kier alpha value is -3.01. The lowest BCUT2D eigenvalue weighted by atomic mass is 10.1. The van der Waals surface area contributed by atoms with Crippen LogP contribution in [0.25, 0.3) is 10.8 Å². The third-order valence-electron chi connectivity index (χ3n) is 3.41. The molecular formula is C19H16O4. The highest BCUT2D eigenvalue weighted by Gasteiger charge is 2.13. The van der Waals surface area contributed by atoms with E-state index in [-0.39, 0.29) is 24.5 Å². The van der Waals surface area contributed by atoms with Crippen LogP contribution in [-0.4, -0.2) is 24.3 Å².